The van der Waals surface area contributed by atoms with Crippen molar-refractivity contribution in [3.63, 3.8) is 0 Å². The Morgan fingerprint density at radius 2 is 1.77 bits per heavy atom. The van der Waals surface area contributed by atoms with Gasteiger partial charge in [0, 0.05) is 13.5 Å². The lowest BCUT2D eigenvalue weighted by Crippen LogP contribution is -2.13. The van der Waals surface area contributed by atoms with Crippen molar-refractivity contribution in [2.45, 2.75) is 70.8 Å². The molecular weight excluding hydrogens is 272 g/mol. The number of benzene rings is 1. The van der Waals surface area contributed by atoms with E-state index in [1.54, 1.807) is 7.11 Å². The molecule has 0 aliphatic heterocycles. The van der Waals surface area contributed by atoms with Crippen molar-refractivity contribution < 1.29 is 9.47 Å². The van der Waals surface area contributed by atoms with Crippen LogP contribution in [-0.4, -0.2) is 19.8 Å². The van der Waals surface area contributed by atoms with E-state index in [2.05, 4.69) is 38.1 Å². The molecule has 0 amide bonds. The van der Waals surface area contributed by atoms with Crippen LogP contribution in [0, 0.1) is 5.92 Å². The van der Waals surface area contributed by atoms with Crippen LogP contribution < -0.4 is 4.74 Å². The minimum atomic E-state index is 0.262. The van der Waals surface area contributed by atoms with E-state index in [0.717, 1.165) is 30.6 Å². The first-order valence-electron chi connectivity index (χ1n) is 8.98. The van der Waals surface area contributed by atoms with Crippen molar-refractivity contribution >= 4 is 0 Å². The fraction of sp³-hybridized carbons (Fsp3) is 0.700. The number of hydrogen-bond acceptors (Lipinski definition) is 2. The predicted molar refractivity (Wildman–Crippen MR) is 92.6 cm³/mol. The molecule has 0 heterocycles. The summed E-state index contributed by atoms with van der Waals surface area (Å²) in [6.07, 6.45) is 9.48. The van der Waals surface area contributed by atoms with Gasteiger partial charge in [-0.15, -0.1) is 0 Å². The molecule has 1 aromatic carbocycles. The van der Waals surface area contributed by atoms with E-state index in [9.17, 15) is 0 Å². The van der Waals surface area contributed by atoms with Gasteiger partial charge in [0.1, 0.15) is 5.75 Å². The molecule has 0 saturated heterocycles. The van der Waals surface area contributed by atoms with Crippen LogP contribution in [0.2, 0.25) is 0 Å². The third kappa shape index (κ3) is 5.31. The van der Waals surface area contributed by atoms with E-state index in [4.69, 9.17) is 9.47 Å². The van der Waals surface area contributed by atoms with Crippen LogP contribution >= 0.6 is 0 Å². The standard InChI is InChI=1S/C20H32O2/c1-4-5-17-6-8-18(9-7-17)19-10-12-20(13-11-19)22-15-14-16(2)21-3/h10-13,16-18H,4-9,14-15H2,1-3H3. The van der Waals surface area contributed by atoms with Crippen LogP contribution in [0.4, 0.5) is 0 Å². The average Bonchev–Trinajstić information content (AvgIpc) is 2.56. The summed E-state index contributed by atoms with van der Waals surface area (Å²) in [5.41, 5.74) is 1.49. The molecule has 0 N–H and O–H groups in total. The monoisotopic (exact) mass is 304 g/mol. The van der Waals surface area contributed by atoms with Crippen molar-refractivity contribution in [1.29, 1.82) is 0 Å². The quantitative estimate of drug-likeness (QED) is 0.625. The normalized spacial score (nSPS) is 23.2. The summed E-state index contributed by atoms with van der Waals surface area (Å²) >= 11 is 0. The van der Waals surface area contributed by atoms with Crippen LogP contribution in [0.5, 0.6) is 5.75 Å². The first-order chi connectivity index (χ1) is 10.7. The molecule has 0 aromatic heterocycles. The van der Waals surface area contributed by atoms with Gasteiger partial charge in [-0.2, -0.15) is 0 Å². The van der Waals surface area contributed by atoms with Crippen molar-refractivity contribution in [3.8, 4) is 5.75 Å². The van der Waals surface area contributed by atoms with Gasteiger partial charge in [0.05, 0.1) is 12.7 Å². The SMILES string of the molecule is CCCC1CCC(c2ccc(OCCC(C)OC)cc2)CC1. The van der Waals surface area contributed by atoms with Crippen LogP contribution in [-0.2, 0) is 4.74 Å². The van der Waals surface area contributed by atoms with Crippen LogP contribution in [0.15, 0.2) is 24.3 Å². The second-order valence-corrected chi connectivity index (χ2v) is 6.76. The van der Waals surface area contributed by atoms with Gasteiger partial charge in [0.25, 0.3) is 0 Å². The molecule has 1 aliphatic carbocycles. The van der Waals surface area contributed by atoms with E-state index >= 15 is 0 Å². The van der Waals surface area contributed by atoms with Gasteiger partial charge in [-0.1, -0.05) is 31.9 Å². The Balaban J connectivity index is 1.77. The van der Waals surface area contributed by atoms with Gasteiger partial charge in [0.15, 0.2) is 0 Å². The number of hydrogen-bond donors (Lipinski definition) is 0. The fourth-order valence-electron chi connectivity index (χ4n) is 3.49. The van der Waals surface area contributed by atoms with Gasteiger partial charge in [0.2, 0.25) is 0 Å². The Morgan fingerprint density at radius 3 is 2.36 bits per heavy atom. The Kier molecular flexibility index (Phi) is 7.24. The van der Waals surface area contributed by atoms with E-state index in [1.807, 2.05) is 0 Å². The smallest absolute Gasteiger partial charge is 0.119 e. The predicted octanol–water partition coefficient (Wildman–Crippen LogP) is 5.56. The van der Waals surface area contributed by atoms with Crippen LogP contribution in [0.1, 0.15) is 70.3 Å². The molecule has 1 aromatic rings. The maximum atomic E-state index is 5.79. The Labute approximate surface area is 136 Å². The highest BCUT2D eigenvalue weighted by molar-refractivity contribution is 5.29. The Morgan fingerprint density at radius 1 is 1.09 bits per heavy atom. The number of rotatable bonds is 8. The fourth-order valence-corrected chi connectivity index (χ4v) is 3.49. The van der Waals surface area contributed by atoms with Crippen LogP contribution in [0.3, 0.4) is 0 Å². The second kappa shape index (κ2) is 9.19. The van der Waals surface area contributed by atoms with Crippen molar-refractivity contribution in [2.24, 2.45) is 5.92 Å². The lowest BCUT2D eigenvalue weighted by molar-refractivity contribution is 0.0955. The molecule has 1 atom stereocenters. The zero-order chi connectivity index (χ0) is 15.8. The van der Waals surface area contributed by atoms with E-state index in [-0.39, 0.29) is 6.10 Å². The maximum absolute atomic E-state index is 5.79. The van der Waals surface area contributed by atoms with Gasteiger partial charge in [-0.3, -0.25) is 0 Å². The molecule has 1 fully saturated rings. The molecule has 124 valence electrons. The van der Waals surface area contributed by atoms with Crippen LogP contribution in [0.25, 0.3) is 0 Å². The van der Waals surface area contributed by atoms with E-state index in [0.29, 0.717) is 0 Å². The summed E-state index contributed by atoms with van der Waals surface area (Å²) in [5.74, 6) is 2.72. The highest BCUT2D eigenvalue weighted by Gasteiger charge is 2.21. The minimum Gasteiger partial charge on any atom is -0.493 e. The molecular formula is C20H32O2. The molecule has 1 saturated carbocycles. The molecule has 22 heavy (non-hydrogen) atoms. The lowest BCUT2D eigenvalue weighted by atomic mass is 9.77. The minimum absolute atomic E-state index is 0.262. The van der Waals surface area contributed by atoms with Crippen molar-refractivity contribution in [1.82, 2.24) is 0 Å². The molecule has 2 rings (SSSR count). The molecule has 2 nitrogen and oxygen atoms in total. The zero-order valence-electron chi connectivity index (χ0n) is 14.5. The zero-order valence-corrected chi connectivity index (χ0v) is 14.5. The molecule has 0 radical (unpaired) electrons. The lowest BCUT2D eigenvalue weighted by Gasteiger charge is -2.28. The summed E-state index contributed by atoms with van der Waals surface area (Å²) in [6.45, 7) is 5.09. The largest absolute Gasteiger partial charge is 0.493 e. The Bertz CT molecular complexity index is 404. The first kappa shape index (κ1) is 17.3. The average molecular weight is 304 g/mol. The molecule has 1 aliphatic rings. The molecule has 0 bridgehead atoms. The number of methoxy groups -OCH3 is 1. The molecule has 2 heteroatoms. The van der Waals surface area contributed by atoms with Gasteiger partial charge in [-0.05, 0) is 62.1 Å². The molecule has 1 unspecified atom stereocenters. The van der Waals surface area contributed by atoms with Gasteiger partial charge >= 0.3 is 0 Å². The Hall–Kier alpha value is -1.02. The molecule has 0 spiro atoms. The van der Waals surface area contributed by atoms with Gasteiger partial charge in [-0.25, -0.2) is 0 Å². The highest BCUT2D eigenvalue weighted by atomic mass is 16.5. The summed E-state index contributed by atoms with van der Waals surface area (Å²) in [7, 11) is 1.74. The summed E-state index contributed by atoms with van der Waals surface area (Å²) in [6, 6.07) is 8.79. The summed E-state index contributed by atoms with van der Waals surface area (Å²) in [5, 5.41) is 0. The van der Waals surface area contributed by atoms with E-state index in [1.165, 1.54) is 44.1 Å². The topological polar surface area (TPSA) is 18.5 Å². The number of ether oxygens (including phenoxy) is 2. The second-order valence-electron chi connectivity index (χ2n) is 6.76. The maximum Gasteiger partial charge on any atom is 0.119 e. The highest BCUT2D eigenvalue weighted by Crippen LogP contribution is 2.37. The van der Waals surface area contributed by atoms with Crippen molar-refractivity contribution in [2.75, 3.05) is 13.7 Å². The van der Waals surface area contributed by atoms with E-state index < -0.39 is 0 Å². The first-order valence-corrected chi connectivity index (χ1v) is 8.98. The summed E-state index contributed by atoms with van der Waals surface area (Å²) in [4.78, 5) is 0. The van der Waals surface area contributed by atoms with Crippen molar-refractivity contribution in [3.05, 3.63) is 29.8 Å². The summed E-state index contributed by atoms with van der Waals surface area (Å²) < 4.78 is 11.0. The third-order valence-corrected chi connectivity index (χ3v) is 5.09. The third-order valence-electron chi connectivity index (χ3n) is 5.09. The van der Waals surface area contributed by atoms with Gasteiger partial charge < -0.3 is 9.47 Å².